The molecule has 0 fully saturated rings. The zero-order chi connectivity index (χ0) is 37.0. The molecule has 11 aromatic rings. The maximum Gasteiger partial charge on any atom is 0.160 e. The second-order valence-electron chi connectivity index (χ2n) is 14.2. The number of para-hydroxylation sites is 2. The summed E-state index contributed by atoms with van der Waals surface area (Å²) in [6.45, 7) is 0. The molecule has 0 unspecified atom stereocenters. The van der Waals surface area contributed by atoms with E-state index < -0.39 is 0 Å². The van der Waals surface area contributed by atoms with Crippen molar-refractivity contribution in [2.45, 2.75) is 0 Å². The highest BCUT2D eigenvalue weighted by Gasteiger charge is 2.17. The summed E-state index contributed by atoms with van der Waals surface area (Å²) in [5.74, 6) is 0.698. The standard InChI is InChI=1S/C52H33N3O/c1-3-14-34(15-4-1)45-33-46(35-16-5-2-6-17-35)54-52(53-45)39-20-11-18-36(30-39)37-28-29-48-44(32-37)42-22-7-9-25-47(42)55(48)40-21-12-19-38(31-40)41-24-13-27-50-51(41)43-23-8-10-26-49(43)56-50/h1-33H. The Bertz CT molecular complexity index is 3190. The predicted molar refractivity (Wildman–Crippen MR) is 231 cm³/mol. The van der Waals surface area contributed by atoms with Gasteiger partial charge in [-0.3, -0.25) is 0 Å². The van der Waals surface area contributed by atoms with Crippen molar-refractivity contribution in [3.63, 3.8) is 0 Å². The number of aromatic nitrogens is 3. The van der Waals surface area contributed by atoms with Crippen LogP contribution in [0.5, 0.6) is 0 Å². The molecule has 11 rings (SSSR count). The average molecular weight is 716 g/mol. The zero-order valence-electron chi connectivity index (χ0n) is 30.3. The fraction of sp³-hybridized carbons (Fsp3) is 0. The van der Waals surface area contributed by atoms with Crippen molar-refractivity contribution in [2.75, 3.05) is 0 Å². The quantitative estimate of drug-likeness (QED) is 0.172. The molecule has 8 aromatic carbocycles. The molecule has 56 heavy (non-hydrogen) atoms. The molecule has 0 atom stereocenters. The van der Waals surface area contributed by atoms with Crippen LogP contribution in [-0.2, 0) is 0 Å². The van der Waals surface area contributed by atoms with E-state index in [1.165, 1.54) is 10.8 Å². The van der Waals surface area contributed by atoms with Crippen LogP contribution >= 0.6 is 0 Å². The van der Waals surface area contributed by atoms with Crippen LogP contribution in [0, 0.1) is 0 Å². The van der Waals surface area contributed by atoms with Gasteiger partial charge in [0.2, 0.25) is 0 Å². The molecule has 0 amide bonds. The van der Waals surface area contributed by atoms with E-state index in [1.807, 2.05) is 48.5 Å². The van der Waals surface area contributed by atoms with Crippen LogP contribution < -0.4 is 0 Å². The van der Waals surface area contributed by atoms with E-state index in [-0.39, 0.29) is 0 Å². The van der Waals surface area contributed by atoms with E-state index in [0.717, 1.165) is 89.0 Å². The second-order valence-corrected chi connectivity index (χ2v) is 14.2. The first-order chi connectivity index (χ1) is 27.7. The first kappa shape index (κ1) is 31.9. The lowest BCUT2D eigenvalue weighted by Gasteiger charge is -2.12. The number of furan rings is 1. The van der Waals surface area contributed by atoms with Gasteiger partial charge in [0.05, 0.1) is 22.4 Å². The fourth-order valence-electron chi connectivity index (χ4n) is 8.19. The molecule has 0 aliphatic rings. The van der Waals surface area contributed by atoms with Crippen molar-refractivity contribution in [3.8, 4) is 61.8 Å². The lowest BCUT2D eigenvalue weighted by molar-refractivity contribution is 0.669. The molecule has 0 spiro atoms. The minimum Gasteiger partial charge on any atom is -0.456 e. The van der Waals surface area contributed by atoms with Crippen molar-refractivity contribution < 1.29 is 4.42 Å². The summed E-state index contributed by atoms with van der Waals surface area (Å²) in [6, 6.07) is 70.3. The van der Waals surface area contributed by atoms with E-state index in [9.17, 15) is 0 Å². The largest absolute Gasteiger partial charge is 0.456 e. The van der Waals surface area contributed by atoms with E-state index in [1.54, 1.807) is 0 Å². The Labute approximate surface area is 323 Å². The highest BCUT2D eigenvalue weighted by Crippen LogP contribution is 2.40. The van der Waals surface area contributed by atoms with Gasteiger partial charge in [0, 0.05) is 43.9 Å². The van der Waals surface area contributed by atoms with Gasteiger partial charge < -0.3 is 8.98 Å². The molecule has 0 saturated carbocycles. The van der Waals surface area contributed by atoms with Gasteiger partial charge in [-0.25, -0.2) is 9.97 Å². The highest BCUT2D eigenvalue weighted by atomic mass is 16.3. The molecule has 0 aliphatic heterocycles. The molecule has 0 aliphatic carbocycles. The van der Waals surface area contributed by atoms with E-state index in [2.05, 4.69) is 156 Å². The van der Waals surface area contributed by atoms with Crippen LogP contribution in [-0.4, -0.2) is 14.5 Å². The lowest BCUT2D eigenvalue weighted by Crippen LogP contribution is -1.96. The molecule has 262 valence electrons. The molecule has 0 N–H and O–H groups in total. The van der Waals surface area contributed by atoms with Crippen LogP contribution in [0.3, 0.4) is 0 Å². The van der Waals surface area contributed by atoms with Crippen molar-refractivity contribution in [1.29, 1.82) is 0 Å². The van der Waals surface area contributed by atoms with Crippen LogP contribution in [0.4, 0.5) is 0 Å². The van der Waals surface area contributed by atoms with Gasteiger partial charge in [-0.15, -0.1) is 0 Å². The number of rotatable bonds is 6. The minimum absolute atomic E-state index is 0.698. The number of fused-ring (bicyclic) bond motifs is 6. The summed E-state index contributed by atoms with van der Waals surface area (Å²) < 4.78 is 8.63. The van der Waals surface area contributed by atoms with Crippen LogP contribution in [0.2, 0.25) is 0 Å². The van der Waals surface area contributed by atoms with Crippen molar-refractivity contribution in [2.24, 2.45) is 0 Å². The van der Waals surface area contributed by atoms with Gasteiger partial charge in [0.1, 0.15) is 11.2 Å². The van der Waals surface area contributed by atoms with Gasteiger partial charge in [0.15, 0.2) is 5.82 Å². The highest BCUT2D eigenvalue weighted by molar-refractivity contribution is 6.13. The maximum atomic E-state index is 6.25. The first-order valence-electron chi connectivity index (χ1n) is 18.9. The summed E-state index contributed by atoms with van der Waals surface area (Å²) in [7, 11) is 0. The smallest absolute Gasteiger partial charge is 0.160 e. The average Bonchev–Trinajstić information content (AvgIpc) is 3.83. The molecule has 0 saturated heterocycles. The molecule has 0 radical (unpaired) electrons. The molecule has 0 bridgehead atoms. The molecule has 4 heteroatoms. The van der Waals surface area contributed by atoms with E-state index in [0.29, 0.717) is 5.82 Å². The van der Waals surface area contributed by atoms with Gasteiger partial charge in [0.25, 0.3) is 0 Å². The third kappa shape index (κ3) is 5.39. The Balaban J connectivity index is 1.02. The van der Waals surface area contributed by atoms with E-state index in [4.69, 9.17) is 14.4 Å². The molecular weight excluding hydrogens is 683 g/mol. The molecule has 4 nitrogen and oxygen atoms in total. The van der Waals surface area contributed by atoms with Gasteiger partial charge in [-0.05, 0) is 76.9 Å². The Morgan fingerprint density at radius 1 is 0.357 bits per heavy atom. The monoisotopic (exact) mass is 715 g/mol. The Morgan fingerprint density at radius 2 is 0.946 bits per heavy atom. The lowest BCUT2D eigenvalue weighted by atomic mass is 9.99. The summed E-state index contributed by atoms with van der Waals surface area (Å²) in [5.41, 5.74) is 14.7. The predicted octanol–water partition coefficient (Wildman–Crippen LogP) is 13.8. The van der Waals surface area contributed by atoms with Crippen molar-refractivity contribution in [1.82, 2.24) is 14.5 Å². The second kappa shape index (κ2) is 13.1. The molecular formula is C52H33N3O. The number of hydrogen-bond donors (Lipinski definition) is 0. The number of benzene rings is 8. The number of nitrogens with zero attached hydrogens (tertiary/aromatic N) is 3. The number of hydrogen-bond acceptors (Lipinski definition) is 3. The van der Waals surface area contributed by atoms with Gasteiger partial charge >= 0.3 is 0 Å². The van der Waals surface area contributed by atoms with Crippen molar-refractivity contribution >= 4 is 43.7 Å². The van der Waals surface area contributed by atoms with Crippen LogP contribution in [0.15, 0.2) is 205 Å². The Kier molecular flexibility index (Phi) is 7.46. The SMILES string of the molecule is c1ccc(-c2cc(-c3ccccc3)nc(-c3cccc(-c4ccc5c(c4)c4ccccc4n5-c4cccc(-c5cccc6oc7ccccc7c56)c4)c3)n2)cc1. The summed E-state index contributed by atoms with van der Waals surface area (Å²) in [4.78, 5) is 10.2. The third-order valence-electron chi connectivity index (χ3n) is 10.8. The van der Waals surface area contributed by atoms with Gasteiger partial charge in [-0.1, -0.05) is 146 Å². The topological polar surface area (TPSA) is 43.9 Å². The fourth-order valence-corrected chi connectivity index (χ4v) is 8.19. The maximum absolute atomic E-state index is 6.25. The Hall–Kier alpha value is -7.56. The zero-order valence-corrected chi connectivity index (χ0v) is 30.3. The summed E-state index contributed by atoms with van der Waals surface area (Å²) in [6.07, 6.45) is 0. The summed E-state index contributed by atoms with van der Waals surface area (Å²) >= 11 is 0. The molecule has 3 aromatic heterocycles. The normalized spacial score (nSPS) is 11.6. The Morgan fingerprint density at radius 3 is 1.75 bits per heavy atom. The third-order valence-corrected chi connectivity index (χ3v) is 10.8. The van der Waals surface area contributed by atoms with Crippen LogP contribution in [0.25, 0.3) is 106 Å². The van der Waals surface area contributed by atoms with Crippen LogP contribution in [0.1, 0.15) is 0 Å². The first-order valence-corrected chi connectivity index (χ1v) is 18.9. The van der Waals surface area contributed by atoms with E-state index >= 15 is 0 Å². The van der Waals surface area contributed by atoms with Gasteiger partial charge in [-0.2, -0.15) is 0 Å². The summed E-state index contributed by atoms with van der Waals surface area (Å²) in [5, 5.41) is 4.68. The molecule has 3 heterocycles. The van der Waals surface area contributed by atoms with Crippen molar-refractivity contribution in [3.05, 3.63) is 200 Å². The minimum atomic E-state index is 0.698.